The molecule has 4 amide bonds. The predicted molar refractivity (Wildman–Crippen MR) is 193 cm³/mol. The number of amides is 4. The van der Waals surface area contributed by atoms with Gasteiger partial charge in [0.2, 0.25) is 27.7 Å². The zero-order valence-electron chi connectivity index (χ0n) is 29.2. The molecule has 1 aromatic carbocycles. The standard InChI is InChI=1S/C36H42N6O8S2/c1-5-20-18-36(20,33(45)41-52(47,48)23-14-15-23)40-30(43)26-17-22(19-42(26)32(44)29(35(2,3)4)39-34(46)50-21-12-13-21)49-31-28(27-11-8-16-51-27)37-24-9-6-7-10-25(24)38-31/h5-11,16,20-23,26,29H,1,12-15,17-19H2,2-4H3,(H,39,46)(H,40,43)(H,41,45)/t20-,22-,26+,29-,36?/m1/s1. The van der Waals surface area contributed by atoms with E-state index in [1.807, 2.05) is 41.8 Å². The first-order chi connectivity index (χ1) is 24.7. The van der Waals surface area contributed by atoms with Gasteiger partial charge in [0.1, 0.15) is 35.5 Å². The van der Waals surface area contributed by atoms with Crippen LogP contribution in [0.25, 0.3) is 21.6 Å². The van der Waals surface area contributed by atoms with Gasteiger partial charge >= 0.3 is 6.09 Å². The number of para-hydroxylation sites is 2. The highest BCUT2D eigenvalue weighted by Crippen LogP contribution is 2.46. The molecule has 0 radical (unpaired) electrons. The number of aromatic nitrogens is 2. The Morgan fingerprint density at radius 1 is 1.04 bits per heavy atom. The van der Waals surface area contributed by atoms with Gasteiger partial charge in [-0.15, -0.1) is 17.9 Å². The Balaban J connectivity index is 1.19. The van der Waals surface area contributed by atoms with Gasteiger partial charge in [0.15, 0.2) is 0 Å². The molecular weight excluding hydrogens is 709 g/mol. The number of nitrogens with zero attached hydrogens (tertiary/aromatic N) is 3. The van der Waals surface area contributed by atoms with Gasteiger partial charge in [-0.3, -0.25) is 19.1 Å². The van der Waals surface area contributed by atoms with Crippen LogP contribution in [-0.2, 0) is 29.1 Å². The molecule has 5 atom stereocenters. The number of rotatable bonds is 12. The molecule has 0 bridgehead atoms. The zero-order valence-corrected chi connectivity index (χ0v) is 30.8. The van der Waals surface area contributed by atoms with Crippen molar-refractivity contribution < 1.29 is 37.1 Å². The minimum Gasteiger partial charge on any atom is -0.471 e. The largest absolute Gasteiger partial charge is 0.471 e. The van der Waals surface area contributed by atoms with Crippen LogP contribution in [0.1, 0.15) is 59.3 Å². The highest BCUT2D eigenvalue weighted by atomic mass is 32.2. The van der Waals surface area contributed by atoms with Crippen LogP contribution >= 0.6 is 11.3 Å². The molecule has 3 heterocycles. The average Bonchev–Trinajstić information content (AvgIpc) is 4.05. The molecule has 3 N–H and O–H groups in total. The smallest absolute Gasteiger partial charge is 0.408 e. The molecule has 276 valence electrons. The summed E-state index contributed by atoms with van der Waals surface area (Å²) in [7, 11) is -3.90. The van der Waals surface area contributed by atoms with Gasteiger partial charge in [-0.05, 0) is 61.1 Å². The SMILES string of the molecule is C=C[C@@H]1CC1(NC(=O)[C@@H]1C[C@@H](Oc2nc3ccccc3nc2-c2cccs2)CN1C(=O)[C@@H](NC(=O)OC1CC1)C(C)(C)C)C(=O)NS(=O)(=O)C1CC1. The summed E-state index contributed by atoms with van der Waals surface area (Å²) in [4.78, 5) is 66.9. The molecule has 1 aliphatic heterocycles. The lowest BCUT2D eigenvalue weighted by molar-refractivity contribution is -0.142. The fourth-order valence-electron chi connectivity index (χ4n) is 6.50. The monoisotopic (exact) mass is 750 g/mol. The second-order valence-electron chi connectivity index (χ2n) is 15.1. The number of alkyl carbamates (subject to hydrolysis) is 1. The van der Waals surface area contributed by atoms with Crippen LogP contribution in [0, 0.1) is 11.3 Å². The van der Waals surface area contributed by atoms with Crippen LogP contribution in [0.15, 0.2) is 54.4 Å². The van der Waals surface area contributed by atoms with E-state index in [2.05, 4.69) is 21.9 Å². The summed E-state index contributed by atoms with van der Waals surface area (Å²) in [6.07, 6.45) is 2.41. The Morgan fingerprint density at radius 2 is 1.75 bits per heavy atom. The fraction of sp³-hybridized carbons (Fsp3) is 0.500. The lowest BCUT2D eigenvalue weighted by atomic mass is 9.85. The third-order valence-electron chi connectivity index (χ3n) is 9.84. The third-order valence-corrected chi connectivity index (χ3v) is 12.5. The molecule has 14 nitrogen and oxygen atoms in total. The van der Waals surface area contributed by atoms with E-state index in [-0.39, 0.29) is 31.4 Å². The number of thiophene rings is 1. The summed E-state index contributed by atoms with van der Waals surface area (Å²) in [6, 6.07) is 8.92. The Labute approximate surface area is 305 Å². The number of carbonyl (C=O) groups excluding carboxylic acids is 4. The maximum absolute atomic E-state index is 14.5. The van der Waals surface area contributed by atoms with Crippen LogP contribution in [0.5, 0.6) is 5.88 Å². The number of sulfonamides is 1. The number of ether oxygens (including phenoxy) is 2. The number of hydrogen-bond acceptors (Lipinski definition) is 11. The molecule has 4 fully saturated rings. The van der Waals surface area contributed by atoms with E-state index in [1.54, 1.807) is 20.8 Å². The van der Waals surface area contributed by atoms with E-state index < -0.39 is 74.1 Å². The van der Waals surface area contributed by atoms with Crippen LogP contribution in [0.2, 0.25) is 0 Å². The Morgan fingerprint density at radius 3 is 2.35 bits per heavy atom. The second kappa shape index (κ2) is 13.4. The molecule has 4 aliphatic rings. The van der Waals surface area contributed by atoms with E-state index in [0.29, 0.717) is 29.6 Å². The van der Waals surface area contributed by atoms with Crippen LogP contribution in [-0.4, -0.2) is 88.7 Å². The van der Waals surface area contributed by atoms with Gasteiger partial charge in [0.05, 0.1) is 27.7 Å². The number of hydrogen-bond donors (Lipinski definition) is 3. The molecule has 3 aromatic rings. The summed E-state index contributed by atoms with van der Waals surface area (Å²) in [5, 5.41) is 6.79. The minimum atomic E-state index is -3.90. The van der Waals surface area contributed by atoms with Crippen molar-refractivity contribution in [2.45, 2.75) is 94.4 Å². The molecule has 7 rings (SSSR count). The van der Waals surface area contributed by atoms with Crippen molar-refractivity contribution in [2.24, 2.45) is 11.3 Å². The van der Waals surface area contributed by atoms with Gasteiger partial charge in [0, 0.05) is 12.3 Å². The summed E-state index contributed by atoms with van der Waals surface area (Å²) >= 11 is 1.46. The number of likely N-dealkylation sites (tertiary alicyclic amines) is 1. The third kappa shape index (κ3) is 7.35. The van der Waals surface area contributed by atoms with Crippen LogP contribution in [0.3, 0.4) is 0 Å². The van der Waals surface area contributed by atoms with Gasteiger partial charge < -0.3 is 25.0 Å². The quantitative estimate of drug-likeness (QED) is 0.231. The minimum absolute atomic E-state index is 0.0101. The maximum Gasteiger partial charge on any atom is 0.408 e. The zero-order chi connectivity index (χ0) is 37.0. The van der Waals surface area contributed by atoms with Crippen molar-refractivity contribution in [3.8, 4) is 16.5 Å². The van der Waals surface area contributed by atoms with E-state index in [0.717, 1.165) is 17.7 Å². The van der Waals surface area contributed by atoms with E-state index in [1.165, 1.54) is 22.3 Å². The molecule has 2 aromatic heterocycles. The lowest BCUT2D eigenvalue weighted by Crippen LogP contribution is -2.60. The first-order valence-corrected chi connectivity index (χ1v) is 19.9. The predicted octanol–water partition coefficient (Wildman–Crippen LogP) is 3.68. The molecule has 1 unspecified atom stereocenters. The highest BCUT2D eigenvalue weighted by Gasteiger charge is 2.62. The molecule has 0 spiro atoms. The van der Waals surface area contributed by atoms with Crippen LogP contribution < -0.4 is 20.1 Å². The second-order valence-corrected chi connectivity index (χ2v) is 18.0. The van der Waals surface area contributed by atoms with Gasteiger partial charge in [-0.2, -0.15) is 0 Å². The molecule has 3 saturated carbocycles. The fourth-order valence-corrected chi connectivity index (χ4v) is 8.56. The molecule has 16 heteroatoms. The average molecular weight is 751 g/mol. The molecular formula is C36H42N6O8S2. The van der Waals surface area contributed by atoms with Crippen LogP contribution in [0.4, 0.5) is 4.79 Å². The van der Waals surface area contributed by atoms with E-state index in [4.69, 9.17) is 19.4 Å². The van der Waals surface area contributed by atoms with Crippen molar-refractivity contribution >= 4 is 56.2 Å². The number of carbonyl (C=O) groups is 4. The van der Waals surface area contributed by atoms with Crippen molar-refractivity contribution in [3.05, 3.63) is 54.4 Å². The maximum atomic E-state index is 14.5. The summed E-state index contributed by atoms with van der Waals surface area (Å²) < 4.78 is 39.5. The highest BCUT2D eigenvalue weighted by molar-refractivity contribution is 7.91. The number of nitrogens with one attached hydrogen (secondary N) is 3. The normalized spacial score (nSPS) is 24.8. The van der Waals surface area contributed by atoms with Gasteiger partial charge in [0.25, 0.3) is 5.91 Å². The molecule has 1 saturated heterocycles. The lowest BCUT2D eigenvalue weighted by Gasteiger charge is -2.35. The Bertz CT molecular complexity index is 2020. The van der Waals surface area contributed by atoms with E-state index >= 15 is 0 Å². The van der Waals surface area contributed by atoms with Crippen molar-refractivity contribution in [2.75, 3.05) is 6.54 Å². The Hall–Kier alpha value is -4.57. The Kier molecular flexibility index (Phi) is 9.26. The van der Waals surface area contributed by atoms with Crippen molar-refractivity contribution in [1.29, 1.82) is 0 Å². The summed E-state index contributed by atoms with van der Waals surface area (Å²) in [5.74, 6) is -2.34. The molecule has 52 heavy (non-hydrogen) atoms. The van der Waals surface area contributed by atoms with Gasteiger partial charge in [-0.1, -0.05) is 45.0 Å². The topological polar surface area (TPSA) is 186 Å². The molecule has 3 aliphatic carbocycles. The first-order valence-electron chi connectivity index (χ1n) is 17.4. The number of fused-ring (bicyclic) bond motifs is 1. The van der Waals surface area contributed by atoms with E-state index in [9.17, 15) is 27.6 Å². The first kappa shape index (κ1) is 35.8. The summed E-state index contributed by atoms with van der Waals surface area (Å²) in [6.45, 7) is 9.10. The van der Waals surface area contributed by atoms with Gasteiger partial charge in [-0.25, -0.2) is 23.2 Å². The van der Waals surface area contributed by atoms with Crippen molar-refractivity contribution in [3.63, 3.8) is 0 Å². The number of benzene rings is 1. The van der Waals surface area contributed by atoms with Crippen molar-refractivity contribution in [1.82, 2.24) is 30.2 Å². The summed E-state index contributed by atoms with van der Waals surface area (Å²) in [5.41, 5.74) is -0.568.